The van der Waals surface area contributed by atoms with Crippen LogP contribution < -0.4 is 5.32 Å². The van der Waals surface area contributed by atoms with E-state index in [1.54, 1.807) is 23.7 Å². The lowest BCUT2D eigenvalue weighted by atomic mass is 10.2. The summed E-state index contributed by atoms with van der Waals surface area (Å²) in [5.74, 6) is 0.632. The first-order valence-electron chi connectivity index (χ1n) is 7.72. The fourth-order valence-corrected chi connectivity index (χ4v) is 5.22. The minimum absolute atomic E-state index is 0.225. The summed E-state index contributed by atoms with van der Waals surface area (Å²) in [5, 5.41) is 2.75. The molecule has 7 nitrogen and oxygen atoms in total. The van der Waals surface area contributed by atoms with Gasteiger partial charge in [-0.25, -0.2) is 13.4 Å². The van der Waals surface area contributed by atoms with Gasteiger partial charge in [0.1, 0.15) is 17.6 Å². The summed E-state index contributed by atoms with van der Waals surface area (Å²) < 4.78 is 32.8. The number of rotatable bonds is 4. The maximum absolute atomic E-state index is 12.7. The Morgan fingerprint density at radius 3 is 2.73 bits per heavy atom. The van der Waals surface area contributed by atoms with Crippen LogP contribution in [-0.2, 0) is 14.8 Å². The molecule has 1 aromatic heterocycles. The normalized spacial score (nSPS) is 24.5. The number of sulfonamides is 1. The van der Waals surface area contributed by atoms with Gasteiger partial charge in [0.25, 0.3) is 0 Å². The number of nitrogens with one attached hydrogen (secondary N) is 1. The Kier molecular flexibility index (Phi) is 4.60. The molecule has 0 radical (unpaired) electrons. The van der Waals surface area contributed by atoms with Gasteiger partial charge < -0.3 is 10.1 Å². The van der Waals surface area contributed by atoms with Gasteiger partial charge in [-0.2, -0.15) is 4.31 Å². The first kappa shape index (κ1) is 15.6. The predicted octanol–water partition coefficient (Wildman–Crippen LogP) is 1.16. The van der Waals surface area contributed by atoms with Crippen molar-refractivity contribution in [2.45, 2.75) is 37.0 Å². The van der Waals surface area contributed by atoms with Gasteiger partial charge in [-0.3, -0.25) is 4.98 Å². The topological polar surface area (TPSA) is 84.4 Å². The van der Waals surface area contributed by atoms with Gasteiger partial charge in [0.15, 0.2) is 0 Å². The molecule has 22 heavy (non-hydrogen) atoms. The molecule has 2 heterocycles. The number of nitrogens with zero attached hydrogens (tertiary/aromatic N) is 3. The van der Waals surface area contributed by atoms with Gasteiger partial charge in [-0.15, -0.1) is 0 Å². The van der Waals surface area contributed by atoms with E-state index in [0.29, 0.717) is 31.2 Å². The summed E-state index contributed by atoms with van der Waals surface area (Å²) in [7, 11) is -1.47. The van der Waals surface area contributed by atoms with Crippen molar-refractivity contribution in [2.75, 3.05) is 32.1 Å². The molecule has 0 spiro atoms. The van der Waals surface area contributed by atoms with Crippen LogP contribution in [0.4, 0.5) is 5.82 Å². The highest BCUT2D eigenvalue weighted by Crippen LogP contribution is 2.31. The predicted molar refractivity (Wildman–Crippen MR) is 83.0 cm³/mol. The van der Waals surface area contributed by atoms with Gasteiger partial charge in [-0.1, -0.05) is 12.8 Å². The molecule has 0 amide bonds. The van der Waals surface area contributed by atoms with Crippen LogP contribution in [0.1, 0.15) is 37.5 Å². The average molecular weight is 326 g/mol. The number of hydrogen-bond acceptors (Lipinski definition) is 6. The molecule has 1 aliphatic carbocycles. The zero-order valence-corrected chi connectivity index (χ0v) is 13.6. The van der Waals surface area contributed by atoms with Crippen LogP contribution in [0.3, 0.4) is 0 Å². The summed E-state index contributed by atoms with van der Waals surface area (Å²) in [6.07, 6.45) is 6.39. The standard InChI is InChI=1S/C14H22N4O3S/c1-15-14-13(16-6-7-17-14)12-10-18(8-9-21-12)22(19,20)11-4-2-3-5-11/h6-7,11-12H,2-5,8-10H2,1H3,(H,15,17). The summed E-state index contributed by atoms with van der Waals surface area (Å²) in [6.45, 7) is 1.12. The van der Waals surface area contributed by atoms with Gasteiger partial charge in [0.05, 0.1) is 11.9 Å². The lowest BCUT2D eigenvalue weighted by Gasteiger charge is -2.33. The van der Waals surface area contributed by atoms with E-state index in [9.17, 15) is 8.42 Å². The fourth-order valence-electron chi connectivity index (χ4n) is 3.20. The summed E-state index contributed by atoms with van der Waals surface area (Å²) in [6, 6.07) is 0. The molecule has 1 saturated carbocycles. The SMILES string of the molecule is CNc1nccnc1C1CN(S(=O)(=O)C2CCCC2)CCO1. The first-order valence-corrected chi connectivity index (χ1v) is 9.22. The smallest absolute Gasteiger partial charge is 0.217 e. The van der Waals surface area contributed by atoms with E-state index in [-0.39, 0.29) is 11.4 Å². The maximum atomic E-state index is 12.7. The molecule has 1 N–H and O–H groups in total. The Balaban J connectivity index is 1.79. The van der Waals surface area contributed by atoms with E-state index in [0.717, 1.165) is 25.7 Å². The van der Waals surface area contributed by atoms with Crippen molar-refractivity contribution in [3.05, 3.63) is 18.1 Å². The lowest BCUT2D eigenvalue weighted by Crippen LogP contribution is -2.46. The largest absolute Gasteiger partial charge is 0.372 e. The summed E-state index contributed by atoms with van der Waals surface area (Å²) >= 11 is 0. The van der Waals surface area contributed by atoms with Crippen molar-refractivity contribution in [1.29, 1.82) is 0 Å². The molecule has 8 heteroatoms. The quantitative estimate of drug-likeness (QED) is 0.894. The molecular weight excluding hydrogens is 304 g/mol. The van der Waals surface area contributed by atoms with Crippen LogP contribution in [0.5, 0.6) is 0 Å². The van der Waals surface area contributed by atoms with E-state index in [2.05, 4.69) is 15.3 Å². The molecule has 1 atom stereocenters. The van der Waals surface area contributed by atoms with E-state index >= 15 is 0 Å². The maximum Gasteiger partial charge on any atom is 0.217 e. The number of morpholine rings is 1. The lowest BCUT2D eigenvalue weighted by molar-refractivity contribution is -0.00495. The molecule has 0 bridgehead atoms. The Morgan fingerprint density at radius 1 is 1.27 bits per heavy atom. The zero-order valence-electron chi connectivity index (χ0n) is 12.7. The highest BCUT2D eigenvalue weighted by atomic mass is 32.2. The number of hydrogen-bond donors (Lipinski definition) is 1. The van der Waals surface area contributed by atoms with Gasteiger partial charge >= 0.3 is 0 Å². The molecule has 1 aromatic rings. The molecule has 0 aromatic carbocycles. The fraction of sp³-hybridized carbons (Fsp3) is 0.714. The van der Waals surface area contributed by atoms with Gasteiger partial charge in [0.2, 0.25) is 10.0 Å². The Bertz CT molecular complexity index is 616. The number of ether oxygens (including phenoxy) is 1. The third-order valence-electron chi connectivity index (χ3n) is 4.38. The Hall–Kier alpha value is -1.25. The second-order valence-electron chi connectivity index (χ2n) is 5.71. The first-order chi connectivity index (χ1) is 10.6. The van der Waals surface area contributed by atoms with Crippen molar-refractivity contribution in [1.82, 2.24) is 14.3 Å². The van der Waals surface area contributed by atoms with E-state index in [1.165, 1.54) is 0 Å². The summed E-state index contributed by atoms with van der Waals surface area (Å²) in [4.78, 5) is 8.53. The average Bonchev–Trinajstić information content (AvgIpc) is 3.10. The minimum atomic E-state index is -3.24. The van der Waals surface area contributed by atoms with Crippen LogP contribution in [0.2, 0.25) is 0 Å². The molecular formula is C14H22N4O3S. The van der Waals surface area contributed by atoms with Gasteiger partial charge in [-0.05, 0) is 12.8 Å². The van der Waals surface area contributed by atoms with Crippen molar-refractivity contribution in [3.8, 4) is 0 Å². The minimum Gasteiger partial charge on any atom is -0.372 e. The molecule has 3 rings (SSSR count). The Labute approximate surface area is 131 Å². The summed E-state index contributed by atoms with van der Waals surface area (Å²) in [5.41, 5.74) is 0.663. The van der Waals surface area contributed by atoms with Crippen molar-refractivity contribution < 1.29 is 13.2 Å². The second kappa shape index (κ2) is 6.47. The van der Waals surface area contributed by atoms with Crippen molar-refractivity contribution >= 4 is 15.8 Å². The number of anilines is 1. The molecule has 1 saturated heterocycles. The van der Waals surface area contributed by atoms with Gasteiger partial charge in [0, 0.05) is 32.5 Å². The third-order valence-corrected chi connectivity index (χ3v) is 6.75. The zero-order chi connectivity index (χ0) is 15.6. The molecule has 1 unspecified atom stereocenters. The molecule has 2 aliphatic rings. The van der Waals surface area contributed by atoms with Crippen LogP contribution >= 0.6 is 0 Å². The monoisotopic (exact) mass is 326 g/mol. The van der Waals surface area contributed by atoms with Crippen molar-refractivity contribution in [3.63, 3.8) is 0 Å². The second-order valence-corrected chi connectivity index (χ2v) is 7.92. The van der Waals surface area contributed by atoms with Crippen LogP contribution in [-0.4, -0.2) is 54.7 Å². The van der Waals surface area contributed by atoms with E-state index in [4.69, 9.17) is 4.74 Å². The van der Waals surface area contributed by atoms with E-state index in [1.807, 2.05) is 0 Å². The molecule has 122 valence electrons. The van der Waals surface area contributed by atoms with Crippen LogP contribution in [0, 0.1) is 0 Å². The van der Waals surface area contributed by atoms with Crippen LogP contribution in [0.15, 0.2) is 12.4 Å². The van der Waals surface area contributed by atoms with E-state index < -0.39 is 10.0 Å². The van der Waals surface area contributed by atoms with Crippen molar-refractivity contribution in [2.24, 2.45) is 0 Å². The molecule has 2 fully saturated rings. The Morgan fingerprint density at radius 2 is 2.00 bits per heavy atom. The highest BCUT2D eigenvalue weighted by molar-refractivity contribution is 7.89. The molecule has 1 aliphatic heterocycles. The van der Waals surface area contributed by atoms with Crippen LogP contribution in [0.25, 0.3) is 0 Å². The highest BCUT2D eigenvalue weighted by Gasteiger charge is 2.38. The third kappa shape index (κ3) is 2.95. The number of aromatic nitrogens is 2.